The van der Waals surface area contributed by atoms with Crippen molar-refractivity contribution in [1.82, 2.24) is 39.7 Å². The summed E-state index contributed by atoms with van der Waals surface area (Å²) in [5.41, 5.74) is 2.13. The standard InChI is InChI=1S/C22H22N8O4S2/c1-10-24-21(30(27-10)12-3-4-13-16(7-12)36-11(2)25-13)20-19(33)17(18(32)15(9-31)34-20)29-8-14(26-28-29)22-23-5-6-35-22/h3-8,15,17-20,31-33H,9H2,1-2H3/t15-,17+,18+,19-,20-/m1/s1. The zero-order chi connectivity index (χ0) is 25.0. The molecular weight excluding hydrogens is 504 g/mol. The van der Waals surface area contributed by atoms with Gasteiger partial charge in [0.1, 0.15) is 47.0 Å². The summed E-state index contributed by atoms with van der Waals surface area (Å²) in [5, 5.41) is 48.7. The highest BCUT2D eigenvalue weighted by Crippen LogP contribution is 2.39. The molecule has 1 aliphatic rings. The Balaban J connectivity index is 1.40. The van der Waals surface area contributed by atoms with Crippen LogP contribution in [0.2, 0.25) is 0 Å². The zero-order valence-corrected chi connectivity index (χ0v) is 20.8. The summed E-state index contributed by atoms with van der Waals surface area (Å²) in [5.74, 6) is 0.826. The molecular formula is C22H22N8O4S2. The smallest absolute Gasteiger partial charge is 0.164 e. The lowest BCUT2D eigenvalue weighted by molar-refractivity contribution is -0.210. The minimum Gasteiger partial charge on any atom is -0.394 e. The van der Waals surface area contributed by atoms with E-state index in [0.29, 0.717) is 22.4 Å². The zero-order valence-electron chi connectivity index (χ0n) is 19.2. The van der Waals surface area contributed by atoms with Crippen molar-refractivity contribution in [1.29, 1.82) is 0 Å². The Bertz CT molecular complexity index is 1510. The van der Waals surface area contributed by atoms with Crippen LogP contribution in [0.25, 0.3) is 26.6 Å². The fraction of sp³-hybridized carbons (Fsp3) is 0.364. The molecule has 0 bridgehead atoms. The van der Waals surface area contributed by atoms with Gasteiger partial charge < -0.3 is 20.1 Å². The average Bonchev–Trinajstić information content (AvgIpc) is 3.65. The SMILES string of the molecule is Cc1nc([C@@H]2O[C@H](CO)[C@H](O)[C@H](n3cc(-c4nccs4)nn3)[C@H]2O)n(-c2ccc3nc(C)sc3c2)n1. The predicted molar refractivity (Wildman–Crippen MR) is 131 cm³/mol. The Morgan fingerprint density at radius 3 is 2.78 bits per heavy atom. The van der Waals surface area contributed by atoms with Crippen LogP contribution >= 0.6 is 22.7 Å². The second-order valence-corrected chi connectivity index (χ2v) is 10.6. The summed E-state index contributed by atoms with van der Waals surface area (Å²) in [6.45, 7) is 3.23. The molecule has 3 N–H and O–H groups in total. The summed E-state index contributed by atoms with van der Waals surface area (Å²) in [6, 6.07) is 4.79. The molecule has 5 atom stereocenters. The van der Waals surface area contributed by atoms with Gasteiger partial charge in [-0.3, -0.25) is 0 Å². The quantitative estimate of drug-likeness (QED) is 0.307. The minimum absolute atomic E-state index is 0.344. The highest BCUT2D eigenvalue weighted by Gasteiger charge is 2.48. The molecule has 1 fully saturated rings. The van der Waals surface area contributed by atoms with Crippen LogP contribution in [0.3, 0.4) is 0 Å². The number of aryl methyl sites for hydroxylation is 2. The van der Waals surface area contributed by atoms with Gasteiger partial charge in [-0.2, -0.15) is 5.10 Å². The lowest BCUT2D eigenvalue weighted by Gasteiger charge is -2.41. The molecule has 12 nitrogen and oxygen atoms in total. The molecule has 0 radical (unpaired) electrons. The monoisotopic (exact) mass is 526 g/mol. The van der Waals surface area contributed by atoms with Crippen LogP contribution in [-0.4, -0.2) is 80.0 Å². The van der Waals surface area contributed by atoms with Crippen LogP contribution in [0, 0.1) is 13.8 Å². The van der Waals surface area contributed by atoms with Gasteiger partial charge in [-0.05, 0) is 32.0 Å². The van der Waals surface area contributed by atoms with E-state index in [4.69, 9.17) is 4.74 Å². The fourth-order valence-corrected chi connectivity index (χ4v) is 5.91. The highest BCUT2D eigenvalue weighted by molar-refractivity contribution is 7.18. The van der Waals surface area contributed by atoms with Crippen molar-refractivity contribution < 1.29 is 20.1 Å². The lowest BCUT2D eigenvalue weighted by atomic mass is 9.92. The number of hydrogen-bond donors (Lipinski definition) is 3. The fourth-order valence-electron chi connectivity index (χ4n) is 4.46. The Morgan fingerprint density at radius 1 is 1.14 bits per heavy atom. The van der Waals surface area contributed by atoms with Crippen LogP contribution in [0.4, 0.5) is 0 Å². The summed E-state index contributed by atoms with van der Waals surface area (Å²) < 4.78 is 9.99. The van der Waals surface area contributed by atoms with Crippen molar-refractivity contribution in [3.63, 3.8) is 0 Å². The number of rotatable bonds is 5. The van der Waals surface area contributed by atoms with Gasteiger partial charge in [0.05, 0.1) is 33.7 Å². The first-order valence-corrected chi connectivity index (χ1v) is 12.9. The largest absolute Gasteiger partial charge is 0.394 e. The molecule has 14 heteroatoms. The van der Waals surface area contributed by atoms with E-state index in [-0.39, 0.29) is 0 Å². The van der Waals surface area contributed by atoms with E-state index in [0.717, 1.165) is 20.9 Å². The van der Waals surface area contributed by atoms with Gasteiger partial charge in [0.15, 0.2) is 5.82 Å². The Labute approximate surface area is 212 Å². The number of hydrogen-bond acceptors (Lipinski definition) is 12. The van der Waals surface area contributed by atoms with Crippen LogP contribution < -0.4 is 0 Å². The number of thiazole rings is 2. The molecule has 0 saturated carbocycles. The second kappa shape index (κ2) is 9.06. The van der Waals surface area contributed by atoms with Gasteiger partial charge in [0, 0.05) is 11.6 Å². The van der Waals surface area contributed by atoms with Crippen LogP contribution in [0.15, 0.2) is 36.0 Å². The van der Waals surface area contributed by atoms with E-state index in [1.54, 1.807) is 35.3 Å². The first kappa shape index (κ1) is 23.3. The van der Waals surface area contributed by atoms with Crippen molar-refractivity contribution in [2.75, 3.05) is 6.61 Å². The molecule has 5 aromatic rings. The van der Waals surface area contributed by atoms with Crippen molar-refractivity contribution in [3.05, 3.63) is 52.6 Å². The maximum atomic E-state index is 11.5. The third-order valence-electron chi connectivity index (χ3n) is 6.08. The highest BCUT2D eigenvalue weighted by atomic mass is 32.1. The second-order valence-electron chi connectivity index (χ2n) is 8.48. The molecule has 1 aliphatic heterocycles. The van der Waals surface area contributed by atoms with E-state index in [9.17, 15) is 15.3 Å². The normalized spacial score (nSPS) is 24.5. The Hall–Kier alpha value is -3.14. The van der Waals surface area contributed by atoms with Gasteiger partial charge in [-0.1, -0.05) is 5.21 Å². The number of nitrogens with zero attached hydrogens (tertiary/aromatic N) is 8. The van der Waals surface area contributed by atoms with Crippen molar-refractivity contribution in [2.24, 2.45) is 0 Å². The topological polar surface area (TPSA) is 157 Å². The van der Waals surface area contributed by atoms with E-state index in [1.165, 1.54) is 16.0 Å². The third-order valence-corrected chi connectivity index (χ3v) is 7.80. The number of aliphatic hydroxyl groups excluding tert-OH is 3. The first-order chi connectivity index (χ1) is 17.4. The number of benzene rings is 1. The maximum absolute atomic E-state index is 11.5. The summed E-state index contributed by atoms with van der Waals surface area (Å²) in [7, 11) is 0. The van der Waals surface area contributed by atoms with Crippen molar-refractivity contribution >= 4 is 32.9 Å². The molecule has 36 heavy (non-hydrogen) atoms. The molecule has 0 unspecified atom stereocenters. The number of aromatic nitrogens is 8. The van der Waals surface area contributed by atoms with Crippen LogP contribution in [-0.2, 0) is 4.74 Å². The molecule has 0 aliphatic carbocycles. The van der Waals surface area contributed by atoms with Crippen LogP contribution in [0.5, 0.6) is 0 Å². The first-order valence-electron chi connectivity index (χ1n) is 11.2. The van der Waals surface area contributed by atoms with E-state index in [1.807, 2.05) is 30.5 Å². The Kier molecular flexibility index (Phi) is 5.86. The summed E-state index contributed by atoms with van der Waals surface area (Å²) >= 11 is 2.97. The number of aliphatic hydroxyl groups is 3. The van der Waals surface area contributed by atoms with E-state index < -0.39 is 37.1 Å². The number of fused-ring (bicyclic) bond motifs is 1. The minimum atomic E-state index is -1.27. The summed E-state index contributed by atoms with van der Waals surface area (Å²) in [4.78, 5) is 13.3. The predicted octanol–water partition coefficient (Wildman–Crippen LogP) is 1.60. The van der Waals surface area contributed by atoms with Gasteiger partial charge in [0.2, 0.25) is 0 Å². The van der Waals surface area contributed by atoms with Crippen molar-refractivity contribution in [3.8, 4) is 16.4 Å². The lowest BCUT2D eigenvalue weighted by Crippen LogP contribution is -2.53. The third kappa shape index (κ3) is 3.91. The molecule has 1 saturated heterocycles. The van der Waals surface area contributed by atoms with Gasteiger partial charge in [0.25, 0.3) is 0 Å². The molecule has 0 amide bonds. The van der Waals surface area contributed by atoms with E-state index >= 15 is 0 Å². The average molecular weight is 527 g/mol. The Morgan fingerprint density at radius 2 is 2.00 bits per heavy atom. The number of ether oxygens (including phenoxy) is 1. The van der Waals surface area contributed by atoms with Crippen molar-refractivity contribution in [2.45, 2.75) is 44.3 Å². The molecule has 6 rings (SSSR count). The van der Waals surface area contributed by atoms with E-state index in [2.05, 4.69) is 30.4 Å². The van der Waals surface area contributed by atoms with Gasteiger partial charge >= 0.3 is 0 Å². The maximum Gasteiger partial charge on any atom is 0.164 e. The van der Waals surface area contributed by atoms with Gasteiger partial charge in [-0.25, -0.2) is 24.3 Å². The molecule has 186 valence electrons. The van der Waals surface area contributed by atoms with Gasteiger partial charge in [-0.15, -0.1) is 27.8 Å². The summed E-state index contributed by atoms with van der Waals surface area (Å²) in [6.07, 6.45) is -1.25. The molecule has 0 spiro atoms. The molecule has 1 aromatic carbocycles. The van der Waals surface area contributed by atoms with Crippen LogP contribution in [0.1, 0.15) is 28.8 Å². The molecule has 4 aromatic heterocycles. The molecule has 5 heterocycles.